The molecule has 1 heterocycles. The van der Waals surface area contributed by atoms with Crippen LogP contribution in [0.5, 0.6) is 0 Å². The van der Waals surface area contributed by atoms with Crippen LogP contribution in [0.15, 0.2) is 17.2 Å². The topological polar surface area (TPSA) is 47.0 Å². The summed E-state index contributed by atoms with van der Waals surface area (Å²) >= 11 is 5.42. The summed E-state index contributed by atoms with van der Waals surface area (Å²) in [7, 11) is 0.753. The number of hydrogen-bond donors (Lipinski definition) is 0. The predicted octanol–water partition coefficient (Wildman–Crippen LogP) is 2.69. The number of pyridine rings is 1. The number of nitrogens with zero attached hydrogens (tertiary/aromatic N) is 1. The highest BCUT2D eigenvalue weighted by atomic mass is 35.7. The first-order valence-electron chi connectivity index (χ1n) is 3.64. The van der Waals surface area contributed by atoms with E-state index in [2.05, 4.69) is 4.98 Å². The van der Waals surface area contributed by atoms with Crippen molar-refractivity contribution in [2.45, 2.75) is 17.2 Å². The van der Waals surface area contributed by atoms with Gasteiger partial charge in [-0.05, 0) is 11.6 Å². The fourth-order valence-corrected chi connectivity index (χ4v) is 2.13. The van der Waals surface area contributed by atoms with E-state index in [9.17, 15) is 17.2 Å². The average molecular weight is 276 g/mol. The molecule has 1 rings (SSSR count). The first-order chi connectivity index (χ1) is 6.86. The van der Waals surface area contributed by atoms with Crippen LogP contribution >= 0.6 is 22.3 Å². The lowest BCUT2D eigenvalue weighted by molar-refractivity contribution is 0.142. The molecule has 0 spiro atoms. The van der Waals surface area contributed by atoms with E-state index in [4.69, 9.17) is 22.3 Å². The van der Waals surface area contributed by atoms with Gasteiger partial charge < -0.3 is 0 Å². The quantitative estimate of drug-likeness (QED) is 0.630. The second-order valence-electron chi connectivity index (χ2n) is 2.60. The van der Waals surface area contributed by atoms with E-state index < -0.39 is 26.1 Å². The fraction of sp³-hybridized carbons (Fsp3) is 0.286. The normalized spacial score (nSPS) is 12.1. The van der Waals surface area contributed by atoms with E-state index in [1.807, 2.05) is 0 Å². The standard InChI is InChI=1S/C7H5Cl2F2NO2S/c8-2-4-1-5(15(9,13)14)6(7(10)11)12-3-4/h1,3,7H,2H2. The molecule has 1 aromatic rings. The number of rotatable bonds is 3. The predicted molar refractivity (Wildman–Crippen MR) is 51.8 cm³/mol. The van der Waals surface area contributed by atoms with E-state index in [0.717, 1.165) is 12.3 Å². The molecule has 0 N–H and O–H groups in total. The number of aromatic nitrogens is 1. The zero-order valence-corrected chi connectivity index (χ0v) is 9.45. The van der Waals surface area contributed by atoms with Crippen molar-refractivity contribution in [1.29, 1.82) is 0 Å². The molecule has 15 heavy (non-hydrogen) atoms. The summed E-state index contributed by atoms with van der Waals surface area (Å²) in [6.07, 6.45) is -1.92. The van der Waals surface area contributed by atoms with E-state index >= 15 is 0 Å². The third kappa shape index (κ3) is 2.99. The Bertz CT molecular complexity index is 464. The van der Waals surface area contributed by atoms with Crippen LogP contribution < -0.4 is 0 Å². The van der Waals surface area contributed by atoms with Crippen LogP contribution in [0.25, 0.3) is 0 Å². The van der Waals surface area contributed by atoms with Gasteiger partial charge in [-0.2, -0.15) is 0 Å². The molecular weight excluding hydrogens is 271 g/mol. The van der Waals surface area contributed by atoms with Gasteiger partial charge in [-0.15, -0.1) is 11.6 Å². The smallest absolute Gasteiger partial charge is 0.254 e. The highest BCUT2D eigenvalue weighted by Gasteiger charge is 2.23. The van der Waals surface area contributed by atoms with Gasteiger partial charge in [-0.1, -0.05) is 0 Å². The minimum absolute atomic E-state index is 0.0318. The second kappa shape index (κ2) is 4.59. The summed E-state index contributed by atoms with van der Waals surface area (Å²) < 4.78 is 46.7. The van der Waals surface area contributed by atoms with E-state index in [1.54, 1.807) is 0 Å². The maximum absolute atomic E-state index is 12.4. The van der Waals surface area contributed by atoms with E-state index in [-0.39, 0.29) is 5.88 Å². The molecule has 0 aliphatic rings. The van der Waals surface area contributed by atoms with Gasteiger partial charge >= 0.3 is 0 Å². The Morgan fingerprint density at radius 3 is 2.47 bits per heavy atom. The SMILES string of the molecule is O=S(=O)(Cl)c1cc(CCl)cnc1C(F)F. The van der Waals surface area contributed by atoms with Crippen LogP contribution in [0.4, 0.5) is 8.78 Å². The molecule has 0 aromatic carbocycles. The Kier molecular flexibility index (Phi) is 3.86. The third-order valence-electron chi connectivity index (χ3n) is 1.56. The molecule has 8 heteroatoms. The van der Waals surface area contributed by atoms with Crippen molar-refractivity contribution < 1.29 is 17.2 Å². The highest BCUT2D eigenvalue weighted by Crippen LogP contribution is 2.27. The molecule has 0 bridgehead atoms. The Balaban J connectivity index is 3.43. The fourth-order valence-electron chi connectivity index (χ4n) is 0.928. The van der Waals surface area contributed by atoms with Crippen LogP contribution in [0.1, 0.15) is 17.7 Å². The maximum Gasteiger partial charge on any atom is 0.281 e. The van der Waals surface area contributed by atoms with E-state index in [0.29, 0.717) is 5.56 Å². The van der Waals surface area contributed by atoms with Crippen LogP contribution in [-0.4, -0.2) is 13.4 Å². The molecule has 1 aromatic heterocycles. The van der Waals surface area contributed by atoms with Crippen molar-refractivity contribution in [2.24, 2.45) is 0 Å². The molecular formula is C7H5Cl2F2NO2S. The van der Waals surface area contributed by atoms with Gasteiger partial charge in [0.15, 0.2) is 0 Å². The van der Waals surface area contributed by atoms with Crippen molar-refractivity contribution >= 4 is 31.3 Å². The van der Waals surface area contributed by atoms with Crippen molar-refractivity contribution in [3.8, 4) is 0 Å². The van der Waals surface area contributed by atoms with Gasteiger partial charge in [-0.3, -0.25) is 4.98 Å². The van der Waals surface area contributed by atoms with Crippen LogP contribution in [0, 0.1) is 0 Å². The maximum atomic E-state index is 12.4. The molecule has 0 amide bonds. The second-order valence-corrected chi connectivity index (χ2v) is 5.40. The molecule has 3 nitrogen and oxygen atoms in total. The van der Waals surface area contributed by atoms with Gasteiger partial charge in [0.2, 0.25) is 0 Å². The van der Waals surface area contributed by atoms with E-state index in [1.165, 1.54) is 0 Å². The molecule has 0 saturated heterocycles. The average Bonchev–Trinajstić information content (AvgIpc) is 2.15. The zero-order valence-electron chi connectivity index (χ0n) is 7.12. The molecule has 0 radical (unpaired) electrons. The zero-order chi connectivity index (χ0) is 11.6. The van der Waals surface area contributed by atoms with Gasteiger partial charge in [0.1, 0.15) is 10.6 Å². The lowest BCUT2D eigenvalue weighted by Crippen LogP contribution is -2.03. The van der Waals surface area contributed by atoms with Crippen molar-refractivity contribution in [2.75, 3.05) is 0 Å². The minimum Gasteiger partial charge on any atom is -0.254 e. The number of halogens is 4. The van der Waals surface area contributed by atoms with Crippen LogP contribution in [0.3, 0.4) is 0 Å². The Hall–Kier alpha value is -0.460. The van der Waals surface area contributed by atoms with Crippen LogP contribution in [0.2, 0.25) is 0 Å². The number of hydrogen-bond acceptors (Lipinski definition) is 3. The molecule has 0 aliphatic heterocycles. The van der Waals surface area contributed by atoms with Crippen LogP contribution in [-0.2, 0) is 14.9 Å². The molecule has 0 fully saturated rings. The van der Waals surface area contributed by atoms with Crippen molar-refractivity contribution in [3.05, 3.63) is 23.5 Å². The van der Waals surface area contributed by atoms with Gasteiger partial charge in [0.25, 0.3) is 15.5 Å². The summed E-state index contributed by atoms with van der Waals surface area (Å²) in [4.78, 5) is 2.62. The molecule has 0 unspecified atom stereocenters. The molecule has 0 aliphatic carbocycles. The summed E-state index contributed by atoms with van der Waals surface area (Å²) in [5.74, 6) is -0.0318. The third-order valence-corrected chi connectivity index (χ3v) is 3.22. The summed E-state index contributed by atoms with van der Waals surface area (Å²) in [6, 6.07) is 0.990. The van der Waals surface area contributed by atoms with Gasteiger partial charge in [-0.25, -0.2) is 17.2 Å². The minimum atomic E-state index is -4.24. The summed E-state index contributed by atoms with van der Waals surface area (Å²) in [6.45, 7) is 0. The molecule has 0 saturated carbocycles. The Morgan fingerprint density at radius 2 is 2.07 bits per heavy atom. The summed E-state index contributed by atoms with van der Waals surface area (Å²) in [5, 5.41) is 0. The number of alkyl halides is 3. The largest absolute Gasteiger partial charge is 0.281 e. The lowest BCUT2D eigenvalue weighted by atomic mass is 10.3. The first kappa shape index (κ1) is 12.6. The van der Waals surface area contributed by atoms with Gasteiger partial charge in [0.05, 0.1) is 0 Å². The Morgan fingerprint density at radius 1 is 1.47 bits per heavy atom. The van der Waals surface area contributed by atoms with Gasteiger partial charge in [0, 0.05) is 22.8 Å². The lowest BCUT2D eigenvalue weighted by Gasteiger charge is -2.05. The van der Waals surface area contributed by atoms with Crippen molar-refractivity contribution in [3.63, 3.8) is 0 Å². The first-order valence-corrected chi connectivity index (χ1v) is 6.48. The molecule has 0 atom stereocenters. The molecule has 84 valence electrons. The summed E-state index contributed by atoms with van der Waals surface area (Å²) in [5.41, 5.74) is -0.556. The Labute approximate surface area is 94.4 Å². The highest BCUT2D eigenvalue weighted by molar-refractivity contribution is 8.13. The van der Waals surface area contributed by atoms with Crippen molar-refractivity contribution in [1.82, 2.24) is 4.98 Å². The monoisotopic (exact) mass is 275 g/mol.